The minimum absolute atomic E-state index is 0.0702. The predicted molar refractivity (Wildman–Crippen MR) is 83.6 cm³/mol. The molecule has 0 aliphatic carbocycles. The first-order valence-corrected chi connectivity index (χ1v) is 7.10. The second-order valence-corrected chi connectivity index (χ2v) is 5.28. The lowest BCUT2D eigenvalue weighted by molar-refractivity contribution is -0.136. The Morgan fingerprint density at radius 1 is 1.25 bits per heavy atom. The van der Waals surface area contributed by atoms with Gasteiger partial charge in [0, 0.05) is 17.3 Å². The van der Waals surface area contributed by atoms with Gasteiger partial charge in [0.2, 0.25) is 0 Å². The van der Waals surface area contributed by atoms with Gasteiger partial charge in [0.05, 0.1) is 11.9 Å². The summed E-state index contributed by atoms with van der Waals surface area (Å²) < 4.78 is 15.6. The van der Waals surface area contributed by atoms with E-state index in [1.165, 1.54) is 29.8 Å². The van der Waals surface area contributed by atoms with Crippen LogP contribution in [0.25, 0.3) is 10.9 Å². The number of aliphatic carboxylic acids is 1. The number of fused-ring (bicyclic) bond motifs is 1. The van der Waals surface area contributed by atoms with E-state index in [0.717, 1.165) is 6.07 Å². The molecular weight excluding hydrogens is 315 g/mol. The van der Waals surface area contributed by atoms with Gasteiger partial charge in [-0.05, 0) is 36.8 Å². The molecule has 3 rings (SSSR count). The highest BCUT2D eigenvalue weighted by atomic mass is 19.1. The molecule has 2 heterocycles. The number of carbonyl (C=O) groups is 2. The Morgan fingerprint density at radius 2 is 2.00 bits per heavy atom. The number of carboxylic acid groups (broad SMARTS) is 1. The molecule has 0 saturated carbocycles. The molecule has 3 aromatic rings. The Balaban J connectivity index is 2.33. The first kappa shape index (κ1) is 15.7. The Hall–Kier alpha value is -3.22. The summed E-state index contributed by atoms with van der Waals surface area (Å²) in [6.07, 6.45) is 0.990. The molecule has 1 aromatic carbocycles. The third kappa shape index (κ3) is 2.40. The highest BCUT2D eigenvalue weighted by Gasteiger charge is 2.25. The van der Waals surface area contributed by atoms with Crippen LogP contribution in [0.3, 0.4) is 0 Å². The molecule has 2 aromatic heterocycles. The van der Waals surface area contributed by atoms with Gasteiger partial charge in [0.15, 0.2) is 11.6 Å². The Morgan fingerprint density at radius 3 is 2.62 bits per heavy atom. The van der Waals surface area contributed by atoms with E-state index < -0.39 is 29.9 Å². The number of hydrogen-bond acceptors (Lipinski definition) is 4. The average molecular weight is 328 g/mol. The van der Waals surface area contributed by atoms with Gasteiger partial charge in [-0.1, -0.05) is 6.07 Å². The first-order valence-electron chi connectivity index (χ1n) is 7.10. The number of aromatic nitrogens is 2. The number of hydrogen-bond donors (Lipinski definition) is 2. The van der Waals surface area contributed by atoms with Gasteiger partial charge >= 0.3 is 5.97 Å². The fraction of sp³-hybridized carbons (Fsp3) is 0.118. The maximum Gasteiger partial charge on any atom is 0.307 e. The van der Waals surface area contributed by atoms with Crippen LogP contribution in [0.15, 0.2) is 36.5 Å². The molecule has 0 fully saturated rings. The topological polar surface area (TPSA) is 92.4 Å². The van der Waals surface area contributed by atoms with Crippen molar-refractivity contribution in [3.05, 3.63) is 59.3 Å². The summed E-state index contributed by atoms with van der Waals surface area (Å²) in [6, 6.07) is 7.33. The van der Waals surface area contributed by atoms with E-state index in [1.807, 2.05) is 0 Å². The normalized spacial score (nSPS) is 10.9. The van der Waals surface area contributed by atoms with E-state index in [0.29, 0.717) is 5.69 Å². The second kappa shape index (κ2) is 5.77. The van der Waals surface area contributed by atoms with Crippen LogP contribution in [0, 0.1) is 12.7 Å². The van der Waals surface area contributed by atoms with Crippen LogP contribution < -0.4 is 0 Å². The molecule has 122 valence electrons. The van der Waals surface area contributed by atoms with Crippen molar-refractivity contribution in [3.63, 3.8) is 0 Å². The lowest BCUT2D eigenvalue weighted by Crippen LogP contribution is -2.15. The minimum Gasteiger partial charge on any atom is -0.505 e. The number of phenols is 1. The van der Waals surface area contributed by atoms with E-state index in [2.05, 4.69) is 4.98 Å². The summed E-state index contributed by atoms with van der Waals surface area (Å²) >= 11 is 0. The van der Waals surface area contributed by atoms with Gasteiger partial charge in [-0.3, -0.25) is 19.1 Å². The van der Waals surface area contributed by atoms with Crippen molar-refractivity contribution in [2.75, 3.05) is 0 Å². The molecule has 0 spiro atoms. The number of phenolic OH excluding ortho intramolecular Hbond substituents is 1. The molecule has 2 N–H and O–H groups in total. The number of halogens is 1. The maximum atomic E-state index is 14.4. The lowest BCUT2D eigenvalue weighted by atomic mass is 10.1. The molecule has 24 heavy (non-hydrogen) atoms. The zero-order valence-corrected chi connectivity index (χ0v) is 12.7. The zero-order chi connectivity index (χ0) is 17.4. The summed E-state index contributed by atoms with van der Waals surface area (Å²) in [6.45, 7) is 1.54. The largest absolute Gasteiger partial charge is 0.505 e. The van der Waals surface area contributed by atoms with E-state index in [1.54, 1.807) is 12.1 Å². The number of pyridine rings is 1. The molecule has 7 heteroatoms. The summed E-state index contributed by atoms with van der Waals surface area (Å²) in [7, 11) is 0. The van der Waals surface area contributed by atoms with E-state index in [9.17, 15) is 19.1 Å². The third-order valence-corrected chi connectivity index (χ3v) is 3.83. The summed E-state index contributed by atoms with van der Waals surface area (Å²) in [5, 5.41) is 18.6. The minimum atomic E-state index is -1.16. The van der Waals surface area contributed by atoms with E-state index in [-0.39, 0.29) is 22.2 Å². The molecule has 0 saturated heterocycles. The SMILES string of the molecule is Cc1c(CC(=O)O)c2c(F)c(O)ccc2n1C(=O)c1ccccn1. The van der Waals surface area contributed by atoms with Gasteiger partial charge in [0.25, 0.3) is 5.91 Å². The number of aromatic hydroxyl groups is 1. The Bertz CT molecular complexity index is 964. The molecule has 0 unspecified atom stereocenters. The molecular formula is C17H13FN2O4. The van der Waals surface area contributed by atoms with E-state index >= 15 is 0 Å². The van der Waals surface area contributed by atoms with Crippen LogP contribution in [0.1, 0.15) is 21.7 Å². The quantitative estimate of drug-likeness (QED) is 0.770. The smallest absolute Gasteiger partial charge is 0.307 e. The van der Waals surface area contributed by atoms with Crippen LogP contribution in [-0.4, -0.2) is 31.6 Å². The molecule has 0 bridgehead atoms. The summed E-state index contributed by atoms with van der Waals surface area (Å²) in [5.41, 5.74) is 0.783. The monoisotopic (exact) mass is 328 g/mol. The second-order valence-electron chi connectivity index (χ2n) is 5.28. The molecule has 0 aliphatic heterocycles. The van der Waals surface area contributed by atoms with Gasteiger partial charge < -0.3 is 10.2 Å². The van der Waals surface area contributed by atoms with Crippen molar-refractivity contribution in [1.82, 2.24) is 9.55 Å². The van der Waals surface area contributed by atoms with Gasteiger partial charge in [0.1, 0.15) is 5.69 Å². The van der Waals surface area contributed by atoms with Crippen LogP contribution in [0.2, 0.25) is 0 Å². The first-order chi connectivity index (χ1) is 11.4. The van der Waals surface area contributed by atoms with Gasteiger partial charge in [-0.2, -0.15) is 0 Å². The number of benzene rings is 1. The van der Waals surface area contributed by atoms with Crippen molar-refractivity contribution >= 4 is 22.8 Å². The van der Waals surface area contributed by atoms with Gasteiger partial charge in [-0.25, -0.2) is 4.39 Å². The molecule has 6 nitrogen and oxygen atoms in total. The standard InChI is InChI=1S/C17H13FN2O4/c1-9-10(8-14(22)23)15-12(5-6-13(21)16(15)18)20(9)17(24)11-4-2-3-7-19-11/h2-7,21H,8H2,1H3,(H,22,23). The van der Waals surface area contributed by atoms with Crippen LogP contribution >= 0.6 is 0 Å². The van der Waals surface area contributed by atoms with Crippen molar-refractivity contribution in [1.29, 1.82) is 0 Å². The lowest BCUT2D eigenvalue weighted by Gasteiger charge is -2.06. The van der Waals surface area contributed by atoms with Crippen molar-refractivity contribution in [2.45, 2.75) is 13.3 Å². The average Bonchev–Trinajstić information content (AvgIpc) is 2.83. The fourth-order valence-corrected chi connectivity index (χ4v) is 2.76. The van der Waals surface area contributed by atoms with Crippen molar-refractivity contribution in [3.8, 4) is 5.75 Å². The molecule has 0 radical (unpaired) electrons. The van der Waals surface area contributed by atoms with Crippen LogP contribution in [0.5, 0.6) is 5.75 Å². The summed E-state index contributed by atoms with van der Waals surface area (Å²) in [5.74, 6) is -3.21. The maximum absolute atomic E-state index is 14.4. The number of carbonyl (C=O) groups excluding carboxylic acids is 1. The van der Waals surface area contributed by atoms with Crippen molar-refractivity contribution in [2.24, 2.45) is 0 Å². The fourth-order valence-electron chi connectivity index (χ4n) is 2.76. The molecule has 0 atom stereocenters. The highest BCUT2D eigenvalue weighted by molar-refractivity contribution is 6.04. The van der Waals surface area contributed by atoms with Crippen LogP contribution in [0.4, 0.5) is 4.39 Å². The zero-order valence-electron chi connectivity index (χ0n) is 12.7. The predicted octanol–water partition coefficient (Wildman–Crippen LogP) is 2.51. The van der Waals surface area contributed by atoms with Crippen molar-refractivity contribution < 1.29 is 24.2 Å². The number of rotatable bonds is 3. The number of nitrogens with zero attached hydrogens (tertiary/aromatic N) is 2. The molecule has 0 amide bonds. The highest BCUT2D eigenvalue weighted by Crippen LogP contribution is 2.33. The number of carboxylic acids is 1. The Labute approximate surface area is 135 Å². The Kier molecular flexibility index (Phi) is 3.76. The van der Waals surface area contributed by atoms with Gasteiger partial charge in [-0.15, -0.1) is 0 Å². The van der Waals surface area contributed by atoms with Crippen LogP contribution in [-0.2, 0) is 11.2 Å². The van der Waals surface area contributed by atoms with E-state index in [4.69, 9.17) is 5.11 Å². The summed E-state index contributed by atoms with van der Waals surface area (Å²) in [4.78, 5) is 27.8. The molecule has 0 aliphatic rings. The third-order valence-electron chi connectivity index (χ3n) is 3.83.